The first-order chi connectivity index (χ1) is 16.1. The fraction of sp³-hybridized carbons (Fsp3) is 0.480. The van der Waals surface area contributed by atoms with Crippen LogP contribution < -0.4 is 9.64 Å². The summed E-state index contributed by atoms with van der Waals surface area (Å²) >= 11 is 0. The molecule has 0 saturated carbocycles. The van der Waals surface area contributed by atoms with Crippen molar-refractivity contribution in [2.75, 3.05) is 58.3 Å². The molecule has 1 saturated heterocycles. The number of alkyl halides is 3. The average molecular weight is 477 g/mol. The lowest BCUT2D eigenvalue weighted by Crippen LogP contribution is -2.48. The Hall–Kier alpha value is -2.78. The van der Waals surface area contributed by atoms with Crippen LogP contribution in [0.2, 0.25) is 0 Å². The fourth-order valence-electron chi connectivity index (χ4n) is 4.60. The van der Waals surface area contributed by atoms with E-state index in [0.717, 1.165) is 67.2 Å². The average Bonchev–Trinajstić information content (AvgIpc) is 3.08. The molecule has 2 heterocycles. The SMILES string of the molecule is Cc1cc(N2CCN(CCN(C)C)CC2)cc2c1C(=O)N(Cc1ccc(OC(F)(F)F)cc1)C2. The van der Waals surface area contributed by atoms with Crippen LogP contribution in [0, 0.1) is 6.92 Å². The molecular formula is C25H31F3N4O2. The standard InChI is InChI=1S/C25H31F3N4O2/c1-18-14-21(31-12-10-30(11-13-31)9-8-29(2)3)15-20-17-32(24(33)23(18)20)16-19-4-6-22(7-5-19)34-25(26,27)28/h4-7,14-15H,8-13,16-17H2,1-3H3. The molecule has 0 radical (unpaired) electrons. The van der Waals surface area contributed by atoms with Gasteiger partial charge in [-0.1, -0.05) is 12.1 Å². The summed E-state index contributed by atoms with van der Waals surface area (Å²) in [6, 6.07) is 9.89. The topological polar surface area (TPSA) is 39.3 Å². The first kappa shape index (κ1) is 24.3. The number of piperazine rings is 1. The van der Waals surface area contributed by atoms with E-state index in [0.29, 0.717) is 13.1 Å². The third kappa shape index (κ3) is 5.82. The number of fused-ring (bicyclic) bond motifs is 1. The van der Waals surface area contributed by atoms with E-state index >= 15 is 0 Å². The number of carbonyl (C=O) groups excluding carboxylic acids is 1. The summed E-state index contributed by atoms with van der Waals surface area (Å²) in [4.78, 5) is 21.9. The molecule has 0 atom stereocenters. The van der Waals surface area contributed by atoms with E-state index in [1.165, 1.54) is 12.1 Å². The number of hydrogen-bond acceptors (Lipinski definition) is 5. The van der Waals surface area contributed by atoms with Gasteiger partial charge in [0.15, 0.2) is 0 Å². The van der Waals surface area contributed by atoms with Crippen LogP contribution in [-0.4, -0.2) is 80.3 Å². The number of aryl methyl sites for hydroxylation is 1. The van der Waals surface area contributed by atoms with Gasteiger partial charge in [0.1, 0.15) is 5.75 Å². The summed E-state index contributed by atoms with van der Waals surface area (Å²) in [5.41, 5.74) is 4.61. The molecule has 1 fully saturated rings. The number of ether oxygens (including phenoxy) is 1. The summed E-state index contributed by atoms with van der Waals surface area (Å²) < 4.78 is 41.1. The van der Waals surface area contributed by atoms with Crippen molar-refractivity contribution in [2.24, 2.45) is 0 Å². The Balaban J connectivity index is 1.40. The zero-order chi connectivity index (χ0) is 24.5. The molecule has 34 heavy (non-hydrogen) atoms. The number of carbonyl (C=O) groups is 1. The number of anilines is 1. The number of rotatable bonds is 7. The molecule has 0 bridgehead atoms. The first-order valence-corrected chi connectivity index (χ1v) is 11.5. The van der Waals surface area contributed by atoms with Crippen molar-refractivity contribution in [1.82, 2.24) is 14.7 Å². The molecule has 184 valence electrons. The molecule has 4 rings (SSSR count). The Labute approximate surface area is 198 Å². The lowest BCUT2D eigenvalue weighted by Gasteiger charge is -2.36. The van der Waals surface area contributed by atoms with E-state index in [4.69, 9.17) is 0 Å². The number of halogens is 3. The third-order valence-electron chi connectivity index (χ3n) is 6.40. The molecule has 9 heteroatoms. The van der Waals surface area contributed by atoms with Gasteiger partial charge in [0.25, 0.3) is 5.91 Å². The Morgan fingerprint density at radius 2 is 1.71 bits per heavy atom. The molecule has 0 spiro atoms. The van der Waals surface area contributed by atoms with Crippen LogP contribution in [0.5, 0.6) is 5.75 Å². The van der Waals surface area contributed by atoms with Gasteiger partial charge in [0.05, 0.1) is 0 Å². The van der Waals surface area contributed by atoms with Gasteiger partial charge in [-0.05, 0) is 62.0 Å². The van der Waals surface area contributed by atoms with Crippen molar-refractivity contribution >= 4 is 11.6 Å². The minimum atomic E-state index is -4.72. The number of likely N-dealkylation sites (N-methyl/N-ethyl adjacent to an activating group) is 1. The van der Waals surface area contributed by atoms with E-state index < -0.39 is 6.36 Å². The van der Waals surface area contributed by atoms with E-state index in [1.54, 1.807) is 17.0 Å². The number of nitrogens with zero attached hydrogens (tertiary/aromatic N) is 4. The number of benzene rings is 2. The van der Waals surface area contributed by atoms with Gasteiger partial charge in [-0.3, -0.25) is 9.69 Å². The Bertz CT molecular complexity index is 1020. The molecule has 2 aromatic rings. The molecule has 2 aliphatic heterocycles. The summed E-state index contributed by atoms with van der Waals surface area (Å²) in [6.45, 7) is 8.86. The summed E-state index contributed by atoms with van der Waals surface area (Å²) in [5.74, 6) is -0.308. The van der Waals surface area contributed by atoms with Gasteiger partial charge >= 0.3 is 6.36 Å². The maximum atomic E-state index is 13.1. The molecule has 0 N–H and O–H groups in total. The van der Waals surface area contributed by atoms with Gasteiger partial charge in [-0.2, -0.15) is 0 Å². The first-order valence-electron chi connectivity index (χ1n) is 11.5. The quantitative estimate of drug-likeness (QED) is 0.609. The zero-order valence-electron chi connectivity index (χ0n) is 19.9. The maximum Gasteiger partial charge on any atom is 0.573 e. The molecule has 1 amide bonds. The molecule has 6 nitrogen and oxygen atoms in total. The molecular weight excluding hydrogens is 445 g/mol. The summed E-state index contributed by atoms with van der Waals surface area (Å²) in [6.07, 6.45) is -4.72. The Morgan fingerprint density at radius 3 is 2.32 bits per heavy atom. The number of amides is 1. The van der Waals surface area contributed by atoms with Crippen molar-refractivity contribution in [3.05, 3.63) is 58.7 Å². The highest BCUT2D eigenvalue weighted by molar-refractivity contribution is 6.00. The Kier molecular flexibility index (Phi) is 7.04. The van der Waals surface area contributed by atoms with E-state index in [-0.39, 0.29) is 11.7 Å². The van der Waals surface area contributed by atoms with Crippen LogP contribution in [0.15, 0.2) is 36.4 Å². The van der Waals surface area contributed by atoms with Crippen molar-refractivity contribution in [3.63, 3.8) is 0 Å². The van der Waals surface area contributed by atoms with Crippen LogP contribution in [-0.2, 0) is 13.1 Å². The zero-order valence-corrected chi connectivity index (χ0v) is 19.9. The van der Waals surface area contributed by atoms with Crippen LogP contribution in [0.3, 0.4) is 0 Å². The van der Waals surface area contributed by atoms with Gasteiger partial charge in [-0.25, -0.2) is 0 Å². The van der Waals surface area contributed by atoms with Crippen molar-refractivity contribution < 1.29 is 22.7 Å². The van der Waals surface area contributed by atoms with Crippen LogP contribution in [0.4, 0.5) is 18.9 Å². The molecule has 2 aliphatic rings. The molecule has 0 aromatic heterocycles. The predicted octanol–water partition coefficient (Wildman–Crippen LogP) is 3.73. The van der Waals surface area contributed by atoms with Crippen LogP contribution >= 0.6 is 0 Å². The van der Waals surface area contributed by atoms with E-state index in [2.05, 4.69) is 45.7 Å². The maximum absolute atomic E-state index is 13.1. The third-order valence-corrected chi connectivity index (χ3v) is 6.40. The largest absolute Gasteiger partial charge is 0.573 e. The van der Waals surface area contributed by atoms with Gasteiger partial charge in [0.2, 0.25) is 0 Å². The second kappa shape index (κ2) is 9.84. The fourth-order valence-corrected chi connectivity index (χ4v) is 4.60. The highest BCUT2D eigenvalue weighted by Crippen LogP contribution is 2.32. The van der Waals surface area contributed by atoms with Crippen molar-refractivity contribution in [2.45, 2.75) is 26.4 Å². The monoisotopic (exact) mass is 476 g/mol. The lowest BCUT2D eigenvalue weighted by atomic mass is 10.0. The van der Waals surface area contributed by atoms with Crippen LogP contribution in [0.1, 0.15) is 27.0 Å². The Morgan fingerprint density at radius 1 is 1.03 bits per heavy atom. The van der Waals surface area contributed by atoms with Gasteiger partial charge < -0.3 is 19.4 Å². The normalized spacial score (nSPS) is 17.0. The molecule has 0 unspecified atom stereocenters. The van der Waals surface area contributed by atoms with Gasteiger partial charge in [-0.15, -0.1) is 13.2 Å². The van der Waals surface area contributed by atoms with Crippen molar-refractivity contribution in [3.8, 4) is 5.75 Å². The predicted molar refractivity (Wildman–Crippen MR) is 125 cm³/mol. The van der Waals surface area contributed by atoms with E-state index in [1.807, 2.05) is 6.92 Å². The number of hydrogen-bond donors (Lipinski definition) is 0. The highest BCUT2D eigenvalue weighted by Gasteiger charge is 2.32. The summed E-state index contributed by atoms with van der Waals surface area (Å²) in [5, 5.41) is 0. The van der Waals surface area contributed by atoms with E-state index in [9.17, 15) is 18.0 Å². The second-order valence-electron chi connectivity index (χ2n) is 9.28. The second-order valence-corrected chi connectivity index (χ2v) is 9.28. The molecule has 0 aliphatic carbocycles. The minimum Gasteiger partial charge on any atom is -0.406 e. The summed E-state index contributed by atoms with van der Waals surface area (Å²) in [7, 11) is 4.18. The van der Waals surface area contributed by atoms with Crippen LogP contribution in [0.25, 0.3) is 0 Å². The smallest absolute Gasteiger partial charge is 0.406 e. The molecule has 2 aromatic carbocycles. The highest BCUT2D eigenvalue weighted by atomic mass is 19.4. The lowest BCUT2D eigenvalue weighted by molar-refractivity contribution is -0.274. The minimum absolute atomic E-state index is 0.0387. The van der Waals surface area contributed by atoms with Gasteiger partial charge in [0, 0.05) is 63.6 Å². The van der Waals surface area contributed by atoms with Crippen molar-refractivity contribution in [1.29, 1.82) is 0 Å².